The summed E-state index contributed by atoms with van der Waals surface area (Å²) in [7, 11) is 1.47. The molecule has 1 atom stereocenters. The van der Waals surface area contributed by atoms with E-state index in [2.05, 4.69) is 20.6 Å². The molecule has 3 aromatic carbocycles. The fourth-order valence-corrected chi connectivity index (χ4v) is 4.59. The number of nitriles is 2. The van der Waals surface area contributed by atoms with Gasteiger partial charge in [-0.2, -0.15) is 10.5 Å². The molecule has 0 saturated heterocycles. The number of nitrogen functional groups attached to an aromatic ring is 2. The van der Waals surface area contributed by atoms with Crippen LogP contribution >= 0.6 is 0 Å². The fraction of sp³-hybridized carbons (Fsp3) is 0.100. The third-order valence-corrected chi connectivity index (χ3v) is 6.49. The number of methoxy groups -OCH3 is 1. The Labute approximate surface area is 241 Å². The first kappa shape index (κ1) is 27.3. The number of nitrogens with two attached hydrogens (primary N) is 2. The Kier molecular flexibility index (Phi) is 7.71. The zero-order valence-electron chi connectivity index (χ0n) is 22.4. The van der Waals surface area contributed by atoms with Crippen molar-refractivity contribution in [2.75, 3.05) is 35.4 Å². The van der Waals surface area contributed by atoms with Gasteiger partial charge >= 0.3 is 0 Å². The predicted molar refractivity (Wildman–Crippen MR) is 158 cm³/mol. The van der Waals surface area contributed by atoms with Gasteiger partial charge in [0.25, 0.3) is 5.91 Å². The minimum atomic E-state index is -0.770. The normalized spacial score (nSPS) is 13.3. The maximum atomic E-state index is 13.4. The number of aromatic nitrogens is 1. The summed E-state index contributed by atoms with van der Waals surface area (Å²) in [5.74, 6) is 0.697. The Morgan fingerprint density at radius 1 is 1.02 bits per heavy atom. The number of aliphatic imine (C=N–C) groups is 1. The number of benzene rings is 3. The van der Waals surface area contributed by atoms with Crippen LogP contribution in [0.2, 0.25) is 0 Å². The first-order chi connectivity index (χ1) is 20.4. The van der Waals surface area contributed by atoms with Gasteiger partial charge in [-0.25, -0.2) is 9.98 Å². The summed E-state index contributed by atoms with van der Waals surface area (Å²) >= 11 is 0. The first-order valence-corrected chi connectivity index (χ1v) is 12.7. The molecule has 1 aromatic heterocycles. The number of para-hydroxylation sites is 2. The molecule has 0 aliphatic carbocycles. The van der Waals surface area contributed by atoms with Crippen molar-refractivity contribution < 1.29 is 14.3 Å². The van der Waals surface area contributed by atoms with Crippen molar-refractivity contribution in [3.05, 3.63) is 95.6 Å². The molecule has 12 heteroatoms. The van der Waals surface area contributed by atoms with Crippen molar-refractivity contribution in [1.29, 1.82) is 10.5 Å². The van der Waals surface area contributed by atoms with Gasteiger partial charge in [0.2, 0.25) is 5.96 Å². The molecular weight excluding hydrogens is 534 g/mol. The van der Waals surface area contributed by atoms with Crippen molar-refractivity contribution >= 4 is 40.6 Å². The highest BCUT2D eigenvalue weighted by Gasteiger charge is 2.30. The molecule has 12 nitrogen and oxygen atoms in total. The summed E-state index contributed by atoms with van der Waals surface area (Å²) in [6.45, 7) is -0.272. The smallest absolute Gasteiger partial charge is 0.269 e. The number of rotatable bonds is 7. The van der Waals surface area contributed by atoms with Gasteiger partial charge in [-0.05, 0) is 42.0 Å². The van der Waals surface area contributed by atoms with Gasteiger partial charge in [0, 0.05) is 16.9 Å². The van der Waals surface area contributed by atoms with E-state index in [0.29, 0.717) is 34.0 Å². The minimum absolute atomic E-state index is 0.0271. The third-order valence-electron chi connectivity index (χ3n) is 6.49. The van der Waals surface area contributed by atoms with Crippen LogP contribution in [-0.4, -0.2) is 30.6 Å². The molecule has 2 heterocycles. The van der Waals surface area contributed by atoms with Crippen molar-refractivity contribution in [1.82, 2.24) is 10.3 Å². The van der Waals surface area contributed by atoms with E-state index in [-0.39, 0.29) is 41.4 Å². The number of carbonyl (C=O) groups is 1. The molecule has 5 rings (SSSR count). The highest BCUT2D eigenvalue weighted by atomic mass is 16.5. The zero-order chi connectivity index (χ0) is 29.6. The number of fused-ring (bicyclic) bond motifs is 1. The van der Waals surface area contributed by atoms with Crippen LogP contribution < -0.4 is 36.5 Å². The molecule has 0 bridgehead atoms. The van der Waals surface area contributed by atoms with Crippen LogP contribution in [-0.2, 0) is 4.79 Å². The van der Waals surface area contributed by atoms with Gasteiger partial charge in [-0.15, -0.1) is 0 Å². The Morgan fingerprint density at radius 3 is 2.29 bits per heavy atom. The number of nitrogens with zero attached hydrogens (tertiary/aromatic N) is 5. The average molecular weight is 560 g/mol. The number of nitrogens with one attached hydrogen (secondary N) is 2. The summed E-state index contributed by atoms with van der Waals surface area (Å²) in [5, 5.41) is 24.1. The number of pyridine rings is 1. The van der Waals surface area contributed by atoms with Crippen LogP contribution in [0.4, 0.5) is 28.7 Å². The lowest BCUT2D eigenvalue weighted by atomic mass is 9.95. The molecule has 1 amide bonds. The number of carbonyl (C=O) groups excluding carboxylic acids is 1. The standard InChI is InChI=1S/C30H25N9O3/c1-41-23-14-18(27-25-26(33)21(15-31)28(34)37-29(25)38-30(36-27)35-17-32)12-13-22(23)42-16-24(40)39(19-8-4-2-5-9-19)20-10-6-3-7-11-20/h2-14,27H,16H2,1H3,(H6,33,34,35,36,37,38). The van der Waals surface area contributed by atoms with Crippen LogP contribution in [0.3, 0.4) is 0 Å². The molecule has 6 N–H and O–H groups in total. The quantitative estimate of drug-likeness (QED) is 0.191. The Hall–Kier alpha value is -6.27. The largest absolute Gasteiger partial charge is 0.493 e. The highest BCUT2D eigenvalue weighted by Crippen LogP contribution is 2.42. The van der Waals surface area contributed by atoms with Gasteiger partial charge in [-0.1, -0.05) is 42.5 Å². The fourth-order valence-electron chi connectivity index (χ4n) is 4.59. The van der Waals surface area contributed by atoms with Crippen molar-refractivity contribution in [2.45, 2.75) is 6.04 Å². The van der Waals surface area contributed by atoms with E-state index in [1.54, 1.807) is 23.1 Å². The van der Waals surface area contributed by atoms with Crippen molar-refractivity contribution in [2.24, 2.45) is 4.99 Å². The number of amides is 1. The van der Waals surface area contributed by atoms with Crippen molar-refractivity contribution in [3.63, 3.8) is 0 Å². The summed E-state index contributed by atoms with van der Waals surface area (Å²) in [6.07, 6.45) is 1.82. The number of hydrogen-bond acceptors (Lipinski definition) is 11. The molecule has 1 aliphatic rings. The van der Waals surface area contributed by atoms with Gasteiger partial charge in [-0.3, -0.25) is 15.0 Å². The maximum absolute atomic E-state index is 13.4. The van der Waals surface area contributed by atoms with Crippen LogP contribution in [0.25, 0.3) is 0 Å². The predicted octanol–water partition coefficient (Wildman–Crippen LogP) is 3.81. The summed E-state index contributed by atoms with van der Waals surface area (Å²) in [4.78, 5) is 23.8. The molecular formula is C30H25N9O3. The van der Waals surface area contributed by atoms with Crippen LogP contribution in [0, 0.1) is 22.8 Å². The highest BCUT2D eigenvalue weighted by molar-refractivity contribution is 6.01. The van der Waals surface area contributed by atoms with Gasteiger partial charge in [0.05, 0.1) is 12.8 Å². The van der Waals surface area contributed by atoms with Crippen LogP contribution in [0.15, 0.2) is 83.9 Å². The number of guanidine groups is 1. The molecule has 0 saturated carbocycles. The van der Waals surface area contributed by atoms with Crippen LogP contribution in [0.5, 0.6) is 11.5 Å². The van der Waals surface area contributed by atoms with Gasteiger partial charge in [0.1, 0.15) is 29.3 Å². The molecule has 0 fully saturated rings. The van der Waals surface area contributed by atoms with Crippen molar-refractivity contribution in [3.8, 4) is 23.8 Å². The summed E-state index contributed by atoms with van der Waals surface area (Å²) < 4.78 is 11.5. The van der Waals surface area contributed by atoms with Gasteiger partial charge in [0.15, 0.2) is 24.3 Å². The lowest BCUT2D eigenvalue weighted by molar-refractivity contribution is -0.119. The Morgan fingerprint density at radius 2 is 1.69 bits per heavy atom. The number of anilines is 5. The topological polar surface area (TPSA) is 188 Å². The van der Waals surface area contributed by atoms with Crippen LogP contribution in [0.1, 0.15) is 22.7 Å². The second-order valence-electron chi connectivity index (χ2n) is 9.00. The van der Waals surface area contributed by atoms with E-state index in [1.807, 2.05) is 72.9 Å². The first-order valence-electron chi connectivity index (χ1n) is 12.7. The minimum Gasteiger partial charge on any atom is -0.493 e. The SMILES string of the molecule is COc1cc(C2N=C(NC#N)Nc3nc(N)c(C#N)c(N)c32)ccc1OCC(=O)N(c1ccccc1)c1ccccc1. The van der Waals surface area contributed by atoms with E-state index >= 15 is 0 Å². The maximum Gasteiger partial charge on any atom is 0.269 e. The molecule has 4 aromatic rings. The van der Waals surface area contributed by atoms with E-state index in [0.717, 1.165) is 0 Å². The zero-order valence-corrected chi connectivity index (χ0v) is 22.4. The molecule has 1 unspecified atom stereocenters. The van der Waals surface area contributed by atoms with E-state index in [9.17, 15) is 10.1 Å². The molecule has 0 spiro atoms. The summed E-state index contributed by atoms with van der Waals surface area (Å²) in [6, 6.07) is 24.8. The van der Waals surface area contributed by atoms with E-state index < -0.39 is 6.04 Å². The second-order valence-corrected chi connectivity index (χ2v) is 9.00. The molecule has 1 aliphatic heterocycles. The molecule has 208 valence electrons. The summed E-state index contributed by atoms with van der Waals surface area (Å²) in [5.41, 5.74) is 14.8. The lowest BCUT2D eigenvalue weighted by Gasteiger charge is -2.26. The number of ether oxygens (including phenoxy) is 2. The van der Waals surface area contributed by atoms with E-state index in [1.165, 1.54) is 7.11 Å². The lowest BCUT2D eigenvalue weighted by Crippen LogP contribution is -2.32. The Balaban J connectivity index is 1.45. The number of hydrogen-bond donors (Lipinski definition) is 4. The average Bonchev–Trinajstić information content (AvgIpc) is 3.01. The third kappa shape index (κ3) is 5.28. The van der Waals surface area contributed by atoms with E-state index in [4.69, 9.17) is 26.2 Å². The molecule has 0 radical (unpaired) electrons. The Bertz CT molecular complexity index is 1710. The second kappa shape index (κ2) is 11.9. The monoisotopic (exact) mass is 559 g/mol. The van der Waals surface area contributed by atoms with Gasteiger partial charge < -0.3 is 26.3 Å². The molecule has 42 heavy (non-hydrogen) atoms.